The zero-order valence-corrected chi connectivity index (χ0v) is 15.8. The summed E-state index contributed by atoms with van der Waals surface area (Å²) in [5.41, 5.74) is 2.66. The molecule has 3 aromatic heterocycles. The molecule has 124 valence electrons. The lowest BCUT2D eigenvalue weighted by atomic mass is 10.3. The van der Waals surface area contributed by atoms with Crippen LogP contribution < -0.4 is 0 Å². The molecule has 25 heavy (non-hydrogen) atoms. The van der Waals surface area contributed by atoms with Gasteiger partial charge in [0.05, 0.1) is 17.6 Å². The maximum absolute atomic E-state index is 5.65. The largest absolute Gasteiger partial charge is 0.411 e. The molecular weight excluding hydrogens is 451 g/mol. The van der Waals surface area contributed by atoms with E-state index in [-0.39, 0.29) is 0 Å². The minimum absolute atomic E-state index is 0.479. The third-order valence-corrected chi connectivity index (χ3v) is 4.88. The second-order valence-electron chi connectivity index (χ2n) is 5.03. The van der Waals surface area contributed by atoms with Gasteiger partial charge in [0.25, 0.3) is 5.22 Å². The molecule has 0 saturated carbocycles. The van der Waals surface area contributed by atoms with Gasteiger partial charge >= 0.3 is 0 Å². The molecule has 0 amide bonds. The van der Waals surface area contributed by atoms with E-state index in [0.717, 1.165) is 16.9 Å². The summed E-state index contributed by atoms with van der Waals surface area (Å²) in [7, 11) is 0. The van der Waals surface area contributed by atoms with Crippen molar-refractivity contribution >= 4 is 34.4 Å². The number of benzene rings is 1. The van der Waals surface area contributed by atoms with E-state index in [1.165, 1.54) is 15.3 Å². The average molecular weight is 462 g/mol. The van der Waals surface area contributed by atoms with E-state index in [2.05, 4.69) is 48.1 Å². The molecule has 7 nitrogen and oxygen atoms in total. The maximum Gasteiger partial charge on any atom is 0.277 e. The number of hydrogen-bond acceptors (Lipinski definition) is 7. The first-order valence-corrected chi connectivity index (χ1v) is 9.38. The van der Waals surface area contributed by atoms with Crippen LogP contribution in [0.15, 0.2) is 64.6 Å². The van der Waals surface area contributed by atoms with Gasteiger partial charge in [-0.25, -0.2) is 4.68 Å². The van der Waals surface area contributed by atoms with Gasteiger partial charge in [-0.05, 0) is 59.0 Å². The van der Waals surface area contributed by atoms with Crippen LogP contribution >= 0.6 is 34.4 Å². The molecule has 0 aliphatic carbocycles. The van der Waals surface area contributed by atoms with Crippen molar-refractivity contribution in [3.63, 3.8) is 0 Å². The second-order valence-corrected chi connectivity index (χ2v) is 7.20. The number of pyridine rings is 1. The molecule has 1 aromatic carbocycles. The number of thioether (sulfide) groups is 1. The summed E-state index contributed by atoms with van der Waals surface area (Å²) in [4.78, 5) is 3.97. The lowest BCUT2D eigenvalue weighted by molar-refractivity contribution is 0.465. The van der Waals surface area contributed by atoms with Crippen LogP contribution in [0.2, 0.25) is 0 Å². The fourth-order valence-corrected chi connectivity index (χ4v) is 3.10. The Kier molecular flexibility index (Phi) is 4.74. The number of rotatable bonds is 5. The van der Waals surface area contributed by atoms with Gasteiger partial charge in [-0.15, -0.1) is 15.3 Å². The molecule has 4 rings (SSSR count). The minimum atomic E-state index is 0.479. The monoisotopic (exact) mass is 462 g/mol. The van der Waals surface area contributed by atoms with Gasteiger partial charge in [0.15, 0.2) is 0 Å². The van der Waals surface area contributed by atoms with Crippen LogP contribution in [0.3, 0.4) is 0 Å². The highest BCUT2D eigenvalue weighted by molar-refractivity contribution is 14.1. The highest BCUT2D eigenvalue weighted by Gasteiger charge is 2.10. The summed E-state index contributed by atoms with van der Waals surface area (Å²) in [5, 5.41) is 16.9. The number of hydrogen-bond donors (Lipinski definition) is 0. The van der Waals surface area contributed by atoms with Crippen LogP contribution in [-0.2, 0) is 5.75 Å². The van der Waals surface area contributed by atoms with E-state index in [0.29, 0.717) is 16.9 Å². The fraction of sp³-hybridized carbons (Fsp3) is 0.0625. The van der Waals surface area contributed by atoms with Gasteiger partial charge in [0.1, 0.15) is 0 Å². The number of aromatic nitrogens is 6. The highest BCUT2D eigenvalue weighted by atomic mass is 127. The molecule has 0 atom stereocenters. The first-order chi connectivity index (χ1) is 12.3. The van der Waals surface area contributed by atoms with Crippen molar-refractivity contribution in [2.75, 3.05) is 0 Å². The number of nitrogens with zero attached hydrogens (tertiary/aromatic N) is 6. The molecule has 0 aliphatic rings. The van der Waals surface area contributed by atoms with E-state index in [9.17, 15) is 0 Å². The standard InChI is InChI=1S/C16H11IN6OS/c17-12-1-3-14(4-2-12)23-9-13(19-22-23)10-25-16-21-20-15(24-16)11-5-7-18-8-6-11/h1-9H,10H2. The molecule has 4 aromatic rings. The highest BCUT2D eigenvalue weighted by Crippen LogP contribution is 2.25. The van der Waals surface area contributed by atoms with Gasteiger partial charge in [0, 0.05) is 27.3 Å². The van der Waals surface area contributed by atoms with E-state index in [4.69, 9.17) is 4.42 Å². The smallest absolute Gasteiger partial charge is 0.277 e. The molecule has 0 spiro atoms. The van der Waals surface area contributed by atoms with E-state index in [1.54, 1.807) is 17.1 Å². The Morgan fingerprint density at radius 3 is 2.60 bits per heavy atom. The minimum Gasteiger partial charge on any atom is -0.411 e. The van der Waals surface area contributed by atoms with Gasteiger partial charge in [-0.1, -0.05) is 17.0 Å². The van der Waals surface area contributed by atoms with Crippen LogP contribution in [0.1, 0.15) is 5.69 Å². The molecule has 0 fully saturated rings. The molecule has 0 unspecified atom stereocenters. The molecule has 3 heterocycles. The lowest BCUT2D eigenvalue weighted by Gasteiger charge is -1.98. The van der Waals surface area contributed by atoms with Gasteiger partial charge in [-0.3, -0.25) is 4.98 Å². The summed E-state index contributed by atoms with van der Waals surface area (Å²) in [5.74, 6) is 1.08. The third-order valence-electron chi connectivity index (χ3n) is 3.31. The summed E-state index contributed by atoms with van der Waals surface area (Å²) in [6, 6.07) is 11.7. The Morgan fingerprint density at radius 2 is 1.80 bits per heavy atom. The molecule has 9 heteroatoms. The summed E-state index contributed by atoms with van der Waals surface area (Å²) >= 11 is 3.70. The predicted octanol–water partition coefficient (Wildman–Crippen LogP) is 3.61. The van der Waals surface area contributed by atoms with E-state index >= 15 is 0 Å². The van der Waals surface area contributed by atoms with Gasteiger partial charge in [0.2, 0.25) is 5.89 Å². The molecule has 0 bridgehead atoms. The quantitative estimate of drug-likeness (QED) is 0.331. The molecule has 0 N–H and O–H groups in total. The Morgan fingerprint density at radius 1 is 1.00 bits per heavy atom. The summed E-state index contributed by atoms with van der Waals surface area (Å²) < 4.78 is 8.58. The Labute approximate surface area is 161 Å². The Bertz CT molecular complexity index is 970. The summed E-state index contributed by atoms with van der Waals surface area (Å²) in [6.07, 6.45) is 5.28. The Balaban J connectivity index is 1.42. The zero-order valence-electron chi connectivity index (χ0n) is 12.8. The van der Waals surface area contributed by atoms with Crippen molar-refractivity contribution in [2.24, 2.45) is 0 Å². The normalized spacial score (nSPS) is 10.9. The molecule has 0 aliphatic heterocycles. The molecule has 0 radical (unpaired) electrons. The van der Waals surface area contributed by atoms with Gasteiger partial charge in [-0.2, -0.15) is 0 Å². The van der Waals surface area contributed by atoms with E-state index in [1.807, 2.05) is 42.6 Å². The topological polar surface area (TPSA) is 82.5 Å². The molecule has 0 saturated heterocycles. The van der Waals surface area contributed by atoms with E-state index < -0.39 is 0 Å². The van der Waals surface area contributed by atoms with Crippen LogP contribution in [0.4, 0.5) is 0 Å². The van der Waals surface area contributed by atoms with Crippen molar-refractivity contribution in [1.82, 2.24) is 30.2 Å². The fourth-order valence-electron chi connectivity index (χ4n) is 2.10. The van der Waals surface area contributed by atoms with Crippen molar-refractivity contribution in [3.8, 4) is 17.1 Å². The summed E-state index contributed by atoms with van der Waals surface area (Å²) in [6.45, 7) is 0. The van der Waals surface area contributed by atoms with Crippen molar-refractivity contribution < 1.29 is 4.42 Å². The second kappa shape index (κ2) is 7.31. The first kappa shape index (κ1) is 16.2. The average Bonchev–Trinajstić information content (AvgIpc) is 3.31. The van der Waals surface area contributed by atoms with Crippen molar-refractivity contribution in [1.29, 1.82) is 0 Å². The predicted molar refractivity (Wildman–Crippen MR) is 101 cm³/mol. The van der Waals surface area contributed by atoms with Gasteiger partial charge < -0.3 is 4.42 Å². The zero-order chi connectivity index (χ0) is 17.1. The Hall–Kier alpha value is -2.27. The van der Waals surface area contributed by atoms with Crippen LogP contribution in [-0.4, -0.2) is 30.2 Å². The van der Waals surface area contributed by atoms with Crippen LogP contribution in [0.25, 0.3) is 17.1 Å². The first-order valence-electron chi connectivity index (χ1n) is 7.32. The lowest BCUT2D eigenvalue weighted by Crippen LogP contribution is -1.94. The van der Waals surface area contributed by atoms with Crippen LogP contribution in [0.5, 0.6) is 0 Å². The number of halogens is 1. The van der Waals surface area contributed by atoms with Crippen molar-refractivity contribution in [2.45, 2.75) is 11.0 Å². The van der Waals surface area contributed by atoms with Crippen molar-refractivity contribution in [3.05, 3.63) is 64.3 Å². The maximum atomic E-state index is 5.65. The third kappa shape index (κ3) is 3.87. The SMILES string of the molecule is Ic1ccc(-n2cc(CSc3nnc(-c4ccncc4)o3)nn2)cc1. The molecular formula is C16H11IN6OS. The van der Waals surface area contributed by atoms with Crippen LogP contribution in [0, 0.1) is 3.57 Å².